The lowest BCUT2D eigenvalue weighted by Crippen LogP contribution is -2.58. The van der Waals surface area contributed by atoms with Crippen LogP contribution in [0.25, 0.3) is 0 Å². The highest BCUT2D eigenvalue weighted by Crippen LogP contribution is 2.20. The summed E-state index contributed by atoms with van der Waals surface area (Å²) < 4.78 is 0. The second-order valence-corrected chi connectivity index (χ2v) is 5.78. The van der Waals surface area contributed by atoms with Crippen molar-refractivity contribution in [2.75, 3.05) is 32.7 Å². The summed E-state index contributed by atoms with van der Waals surface area (Å²) in [5.74, 6) is 0.775. The topological polar surface area (TPSA) is 55.8 Å². The van der Waals surface area contributed by atoms with Gasteiger partial charge in [0, 0.05) is 31.7 Å². The molecule has 0 aliphatic carbocycles. The van der Waals surface area contributed by atoms with Gasteiger partial charge in [-0.3, -0.25) is 4.90 Å². The van der Waals surface area contributed by atoms with E-state index in [2.05, 4.69) is 17.1 Å². The quantitative estimate of drug-likeness (QED) is 0.774. The number of piperazine rings is 1. The minimum Gasteiger partial charge on any atom is -0.465 e. The molecule has 0 unspecified atom stereocenters. The van der Waals surface area contributed by atoms with E-state index < -0.39 is 6.09 Å². The largest absolute Gasteiger partial charge is 0.465 e. The average Bonchev–Trinajstić information content (AvgIpc) is 2.34. The fourth-order valence-electron chi connectivity index (χ4n) is 3.12. The minimum absolute atomic E-state index is 0.111. The van der Waals surface area contributed by atoms with Crippen molar-refractivity contribution in [1.29, 1.82) is 0 Å². The van der Waals surface area contributed by atoms with Crippen molar-refractivity contribution in [3.8, 4) is 0 Å². The van der Waals surface area contributed by atoms with Crippen LogP contribution >= 0.6 is 0 Å². The molecule has 0 saturated carbocycles. The molecule has 2 heterocycles. The van der Waals surface area contributed by atoms with Crippen LogP contribution in [0, 0.1) is 5.92 Å². The van der Waals surface area contributed by atoms with Gasteiger partial charge in [0.15, 0.2) is 0 Å². The Hall–Kier alpha value is -0.810. The van der Waals surface area contributed by atoms with Crippen LogP contribution in [0.4, 0.5) is 4.79 Å². The molecular formula is C13H25N3O2. The summed E-state index contributed by atoms with van der Waals surface area (Å²) in [6, 6.07) is 0.451. The number of nitrogens with one attached hydrogen (secondary N) is 1. The van der Waals surface area contributed by atoms with E-state index in [1.807, 2.05) is 6.92 Å². The highest BCUT2D eigenvalue weighted by molar-refractivity contribution is 5.65. The normalized spacial score (nSPS) is 31.6. The lowest BCUT2D eigenvalue weighted by molar-refractivity contribution is 0.0330. The molecule has 2 aliphatic rings. The number of carboxylic acid groups (broad SMARTS) is 1. The Kier molecular flexibility index (Phi) is 4.45. The molecule has 0 radical (unpaired) electrons. The number of amides is 1. The van der Waals surface area contributed by atoms with Crippen molar-refractivity contribution in [3.05, 3.63) is 0 Å². The predicted molar refractivity (Wildman–Crippen MR) is 70.8 cm³/mol. The summed E-state index contributed by atoms with van der Waals surface area (Å²) in [6.07, 6.45) is 1.72. The van der Waals surface area contributed by atoms with Gasteiger partial charge in [-0.1, -0.05) is 0 Å². The molecule has 5 nitrogen and oxygen atoms in total. The van der Waals surface area contributed by atoms with Crippen molar-refractivity contribution in [2.45, 2.75) is 38.8 Å². The van der Waals surface area contributed by atoms with Crippen LogP contribution in [0.15, 0.2) is 0 Å². The van der Waals surface area contributed by atoms with E-state index in [0.29, 0.717) is 12.6 Å². The maximum absolute atomic E-state index is 11.1. The van der Waals surface area contributed by atoms with E-state index in [1.54, 1.807) is 4.90 Å². The molecule has 2 fully saturated rings. The highest BCUT2D eigenvalue weighted by Gasteiger charge is 2.32. The first kappa shape index (κ1) is 13.6. The summed E-state index contributed by atoms with van der Waals surface area (Å²) in [5, 5.41) is 12.5. The van der Waals surface area contributed by atoms with E-state index in [1.165, 1.54) is 12.8 Å². The summed E-state index contributed by atoms with van der Waals surface area (Å²) in [4.78, 5) is 15.2. The van der Waals surface area contributed by atoms with Crippen LogP contribution in [0.3, 0.4) is 0 Å². The zero-order valence-electron chi connectivity index (χ0n) is 11.4. The average molecular weight is 255 g/mol. The Balaban J connectivity index is 1.88. The van der Waals surface area contributed by atoms with Gasteiger partial charge in [-0.05, 0) is 45.7 Å². The van der Waals surface area contributed by atoms with E-state index >= 15 is 0 Å². The number of carbonyl (C=O) groups is 1. The molecule has 0 spiro atoms. The molecule has 0 aromatic heterocycles. The summed E-state index contributed by atoms with van der Waals surface area (Å²) in [7, 11) is 0. The van der Waals surface area contributed by atoms with Crippen molar-refractivity contribution in [3.63, 3.8) is 0 Å². The number of hydrogen-bond acceptors (Lipinski definition) is 3. The maximum Gasteiger partial charge on any atom is 0.407 e. The number of nitrogens with zero attached hydrogens (tertiary/aromatic N) is 2. The van der Waals surface area contributed by atoms with Gasteiger partial charge in [0.1, 0.15) is 0 Å². The van der Waals surface area contributed by atoms with Gasteiger partial charge in [-0.15, -0.1) is 0 Å². The summed E-state index contributed by atoms with van der Waals surface area (Å²) in [5.41, 5.74) is 0. The number of rotatable bonds is 2. The molecule has 2 N–H and O–H groups in total. The zero-order valence-corrected chi connectivity index (χ0v) is 11.4. The molecule has 2 atom stereocenters. The first-order valence-electron chi connectivity index (χ1n) is 7.02. The van der Waals surface area contributed by atoms with Gasteiger partial charge in [0.2, 0.25) is 0 Å². The molecule has 0 aromatic rings. The Morgan fingerprint density at radius 3 is 2.50 bits per heavy atom. The van der Waals surface area contributed by atoms with Crippen LogP contribution in [-0.2, 0) is 0 Å². The Labute approximate surface area is 109 Å². The van der Waals surface area contributed by atoms with Crippen molar-refractivity contribution >= 4 is 6.09 Å². The highest BCUT2D eigenvalue weighted by atomic mass is 16.4. The van der Waals surface area contributed by atoms with Gasteiger partial charge in [0.25, 0.3) is 0 Å². The Morgan fingerprint density at radius 2 is 1.89 bits per heavy atom. The third kappa shape index (κ3) is 3.14. The molecular weight excluding hydrogens is 230 g/mol. The van der Waals surface area contributed by atoms with Crippen molar-refractivity contribution < 1.29 is 9.90 Å². The number of hydrogen-bond donors (Lipinski definition) is 2. The Bertz CT molecular complexity index is 292. The van der Waals surface area contributed by atoms with Crippen LogP contribution in [-0.4, -0.2) is 65.8 Å². The lowest BCUT2D eigenvalue weighted by atomic mass is 9.96. The van der Waals surface area contributed by atoms with Gasteiger partial charge >= 0.3 is 6.09 Å². The third-order valence-electron chi connectivity index (χ3n) is 4.31. The Morgan fingerprint density at radius 1 is 1.22 bits per heavy atom. The van der Waals surface area contributed by atoms with E-state index in [9.17, 15) is 4.79 Å². The molecule has 18 heavy (non-hydrogen) atoms. The van der Waals surface area contributed by atoms with E-state index in [4.69, 9.17) is 5.11 Å². The van der Waals surface area contributed by atoms with Crippen LogP contribution < -0.4 is 5.32 Å². The molecule has 2 aliphatic heterocycles. The van der Waals surface area contributed by atoms with Gasteiger partial charge < -0.3 is 15.3 Å². The first-order chi connectivity index (χ1) is 8.58. The van der Waals surface area contributed by atoms with Gasteiger partial charge in [-0.25, -0.2) is 4.79 Å². The molecule has 104 valence electrons. The lowest BCUT2D eigenvalue weighted by Gasteiger charge is -2.44. The molecule has 0 aromatic carbocycles. The molecule has 1 amide bonds. The predicted octanol–water partition coefficient (Wildman–Crippen LogP) is 1.06. The monoisotopic (exact) mass is 255 g/mol. The summed E-state index contributed by atoms with van der Waals surface area (Å²) in [6.45, 7) is 9.05. The van der Waals surface area contributed by atoms with Crippen molar-refractivity contribution in [1.82, 2.24) is 15.1 Å². The van der Waals surface area contributed by atoms with Gasteiger partial charge in [0.05, 0.1) is 0 Å². The first-order valence-corrected chi connectivity index (χ1v) is 7.02. The maximum atomic E-state index is 11.1. The summed E-state index contributed by atoms with van der Waals surface area (Å²) >= 11 is 0. The molecule has 2 rings (SSSR count). The van der Waals surface area contributed by atoms with E-state index in [-0.39, 0.29) is 6.04 Å². The zero-order chi connectivity index (χ0) is 13.1. The second-order valence-electron chi connectivity index (χ2n) is 5.78. The smallest absolute Gasteiger partial charge is 0.407 e. The molecule has 2 saturated heterocycles. The van der Waals surface area contributed by atoms with Crippen LogP contribution in [0.1, 0.15) is 26.7 Å². The standard InChI is InChI=1S/C13H25N3O2/c1-10-8-16(13(17)18)11(2)7-15(10)9-12-3-5-14-6-4-12/h10-12,14H,3-9H2,1-2H3,(H,17,18)/t10-,11+/m0/s1. The van der Waals surface area contributed by atoms with Crippen LogP contribution in [0.5, 0.6) is 0 Å². The number of piperidine rings is 1. The minimum atomic E-state index is -0.782. The van der Waals surface area contributed by atoms with E-state index in [0.717, 1.165) is 32.1 Å². The third-order valence-corrected chi connectivity index (χ3v) is 4.31. The molecule has 5 heteroatoms. The fraction of sp³-hybridized carbons (Fsp3) is 0.923. The van der Waals surface area contributed by atoms with Crippen LogP contribution in [0.2, 0.25) is 0 Å². The molecule has 0 bridgehead atoms. The SMILES string of the molecule is C[C@@H]1CN(CC2CCNCC2)[C@@H](C)CN1C(=O)O. The van der Waals surface area contributed by atoms with Crippen molar-refractivity contribution in [2.24, 2.45) is 5.92 Å². The van der Waals surface area contributed by atoms with Gasteiger partial charge in [-0.2, -0.15) is 0 Å². The second kappa shape index (κ2) is 5.89. The fourth-order valence-corrected chi connectivity index (χ4v) is 3.12.